The van der Waals surface area contributed by atoms with Gasteiger partial charge < -0.3 is 10.6 Å². The molecule has 0 N–H and O–H groups in total. The molecule has 3 aliphatic rings. The number of allylic oxidation sites excluding steroid dienone is 4. The fourth-order valence-electron chi connectivity index (χ4n) is 2.64. The quantitative estimate of drug-likeness (QED) is 0.630. The van der Waals surface area contributed by atoms with Crippen LogP contribution >= 0.6 is 0 Å². The monoisotopic (exact) mass is 398 g/mol. The molecule has 10 radical (unpaired) electrons. The van der Waals surface area contributed by atoms with Crippen LogP contribution in [0.15, 0.2) is 24.3 Å². The van der Waals surface area contributed by atoms with Crippen molar-refractivity contribution >= 4 is 0 Å². The Kier molecular flexibility index (Phi) is 12.8. The third-order valence-corrected chi connectivity index (χ3v) is 3.74. The Balaban J connectivity index is 0.000000668. The molecular weight excluding hydrogens is 371 g/mol. The van der Waals surface area contributed by atoms with Crippen molar-refractivity contribution in [2.45, 2.75) is 13.8 Å². The van der Waals surface area contributed by atoms with Crippen LogP contribution in [-0.2, 0) is 26.2 Å². The third-order valence-electron chi connectivity index (χ3n) is 3.74. The van der Waals surface area contributed by atoms with Gasteiger partial charge >= 0.3 is 26.2 Å². The molecule has 0 spiro atoms. The number of hydrogen-bond donors (Lipinski definition) is 0. The van der Waals surface area contributed by atoms with Gasteiger partial charge in [-0.1, -0.05) is 38.2 Å². The Morgan fingerprint density at radius 3 is 1.79 bits per heavy atom. The summed E-state index contributed by atoms with van der Waals surface area (Å²) in [6, 6.07) is 0. The fraction of sp³-hybridized carbons (Fsp3) is 0.333. The fourth-order valence-corrected chi connectivity index (χ4v) is 2.64. The van der Waals surface area contributed by atoms with Gasteiger partial charge in [-0.2, -0.15) is 28.2 Å². The predicted octanol–water partition coefficient (Wildman–Crippen LogP) is 4.93. The number of nitrogens with zero attached hydrogens (tertiary/aromatic N) is 2. The van der Waals surface area contributed by atoms with Gasteiger partial charge in [0.15, 0.2) is 0 Å². The minimum absolute atomic E-state index is 0. The predicted molar refractivity (Wildman–Crippen MR) is 101 cm³/mol. The van der Waals surface area contributed by atoms with E-state index in [1.54, 1.807) is 28.2 Å². The summed E-state index contributed by atoms with van der Waals surface area (Å²) in [5, 5.41) is 7.00. The standard InChI is InChI=1S/C17H16.2C2H6N.Zr/c1-17(2,14-8-4-5-9-14)16-12-11-13-7-3-6-10-15(13)16;2*1-3-2;/h3-12H,1-2H3;2*1-2H3;/q;2*-1;+4. The van der Waals surface area contributed by atoms with E-state index in [0.29, 0.717) is 0 Å². The molecule has 0 heterocycles. The summed E-state index contributed by atoms with van der Waals surface area (Å²) < 4.78 is 0. The molecule has 0 aliphatic heterocycles. The molecule has 3 aliphatic carbocycles. The largest absolute Gasteiger partial charge is 4.00 e. The molecule has 0 aromatic rings. The maximum atomic E-state index is 3.50. The minimum Gasteiger partial charge on any atom is -0.668 e. The molecule has 0 aromatic carbocycles. The van der Waals surface area contributed by atoms with Gasteiger partial charge in [0.05, 0.1) is 0 Å². The first-order valence-corrected chi connectivity index (χ1v) is 7.85. The molecule has 0 bridgehead atoms. The molecular formula is C21H28N2Zr+2. The van der Waals surface area contributed by atoms with Crippen LogP contribution in [-0.4, -0.2) is 28.2 Å². The molecule has 0 atom stereocenters. The van der Waals surface area contributed by atoms with Gasteiger partial charge in [0.1, 0.15) is 0 Å². The summed E-state index contributed by atoms with van der Waals surface area (Å²) in [5.74, 6) is 5.51. The van der Waals surface area contributed by atoms with Crippen molar-refractivity contribution in [3.8, 4) is 0 Å². The first-order valence-electron chi connectivity index (χ1n) is 7.85. The van der Waals surface area contributed by atoms with Gasteiger partial charge in [-0.05, 0) is 55.8 Å². The van der Waals surface area contributed by atoms with Crippen molar-refractivity contribution in [1.29, 1.82) is 0 Å². The first kappa shape index (κ1) is 24.3. The molecule has 0 unspecified atom stereocenters. The van der Waals surface area contributed by atoms with E-state index >= 15 is 0 Å². The molecule has 0 amide bonds. The Morgan fingerprint density at radius 2 is 1.25 bits per heavy atom. The van der Waals surface area contributed by atoms with Crippen LogP contribution in [0.3, 0.4) is 0 Å². The molecule has 124 valence electrons. The zero-order chi connectivity index (χ0) is 17.3. The van der Waals surface area contributed by atoms with E-state index in [9.17, 15) is 0 Å². The minimum atomic E-state index is 0. The smallest absolute Gasteiger partial charge is 0.668 e. The van der Waals surface area contributed by atoms with Crippen molar-refractivity contribution < 1.29 is 26.2 Å². The van der Waals surface area contributed by atoms with E-state index in [1.165, 1.54) is 23.7 Å². The van der Waals surface area contributed by atoms with Crippen LogP contribution in [0.4, 0.5) is 0 Å². The summed E-state index contributed by atoms with van der Waals surface area (Å²) in [4.78, 5) is 0. The molecule has 3 heteroatoms. The average Bonchev–Trinajstić information content (AvgIpc) is 3.19. The van der Waals surface area contributed by atoms with Crippen LogP contribution in [0.5, 0.6) is 0 Å². The molecule has 3 rings (SSSR count). The number of hydrogen-bond acceptors (Lipinski definition) is 0. The van der Waals surface area contributed by atoms with Gasteiger partial charge in [-0.25, -0.2) is 0 Å². The van der Waals surface area contributed by atoms with Crippen molar-refractivity contribution in [3.63, 3.8) is 0 Å². The third kappa shape index (κ3) is 6.54. The van der Waals surface area contributed by atoms with Gasteiger partial charge in [0, 0.05) is 11.8 Å². The van der Waals surface area contributed by atoms with Crippen LogP contribution in [0, 0.1) is 67.6 Å². The van der Waals surface area contributed by atoms with Crippen molar-refractivity contribution in [2.24, 2.45) is 5.41 Å². The van der Waals surface area contributed by atoms with Crippen LogP contribution in [0.2, 0.25) is 0 Å². The second-order valence-electron chi connectivity index (χ2n) is 6.03. The summed E-state index contributed by atoms with van der Waals surface area (Å²) in [6.45, 7) is 4.59. The Bertz CT molecular complexity index is 368. The maximum absolute atomic E-state index is 3.50. The number of rotatable bonds is 2. The van der Waals surface area contributed by atoms with Crippen molar-refractivity contribution in [3.05, 3.63) is 97.1 Å². The normalized spacial score (nSPS) is 21.4. The van der Waals surface area contributed by atoms with Crippen LogP contribution < -0.4 is 0 Å². The summed E-state index contributed by atoms with van der Waals surface area (Å²) in [5.41, 5.74) is 0.0760. The van der Waals surface area contributed by atoms with E-state index in [2.05, 4.69) is 87.3 Å². The SMILES string of the molecule is CC(C)([C]1[CH][CH][CH][CH]1)[C]1[CH][CH][C]2C=CC=C[C]21.C[N-]C.C[N-]C.[Zr+4]. The van der Waals surface area contributed by atoms with E-state index < -0.39 is 0 Å². The van der Waals surface area contributed by atoms with E-state index in [4.69, 9.17) is 0 Å². The van der Waals surface area contributed by atoms with Gasteiger partial charge in [0.25, 0.3) is 0 Å². The molecule has 2 nitrogen and oxygen atoms in total. The molecule has 0 saturated heterocycles. The summed E-state index contributed by atoms with van der Waals surface area (Å²) in [6.07, 6.45) is 21.7. The van der Waals surface area contributed by atoms with Gasteiger partial charge in [0.2, 0.25) is 0 Å². The Labute approximate surface area is 170 Å². The Hall–Kier alpha value is 0.283. The average molecular weight is 400 g/mol. The van der Waals surface area contributed by atoms with Gasteiger partial charge in [-0.3, -0.25) is 0 Å². The van der Waals surface area contributed by atoms with Crippen LogP contribution in [0.25, 0.3) is 10.6 Å². The molecule has 0 aromatic heterocycles. The summed E-state index contributed by atoms with van der Waals surface area (Å²) >= 11 is 0. The van der Waals surface area contributed by atoms with Crippen LogP contribution in [0.1, 0.15) is 13.8 Å². The summed E-state index contributed by atoms with van der Waals surface area (Å²) in [7, 11) is 7.00. The maximum Gasteiger partial charge on any atom is 4.00 e. The zero-order valence-electron chi connectivity index (χ0n) is 15.7. The van der Waals surface area contributed by atoms with E-state index in [0.717, 1.165) is 0 Å². The second-order valence-corrected chi connectivity index (χ2v) is 6.03. The van der Waals surface area contributed by atoms with E-state index in [-0.39, 0.29) is 31.6 Å². The number of fused-ring (bicyclic) bond motifs is 1. The van der Waals surface area contributed by atoms with Crippen molar-refractivity contribution in [2.75, 3.05) is 28.2 Å². The molecule has 2 fully saturated rings. The topological polar surface area (TPSA) is 28.2 Å². The van der Waals surface area contributed by atoms with Gasteiger partial charge in [-0.15, -0.1) is 0 Å². The van der Waals surface area contributed by atoms with Crippen molar-refractivity contribution in [1.82, 2.24) is 0 Å². The van der Waals surface area contributed by atoms with E-state index in [1.807, 2.05) is 0 Å². The molecule has 24 heavy (non-hydrogen) atoms. The molecule has 2 saturated carbocycles. The zero-order valence-corrected chi connectivity index (χ0v) is 18.1. The Morgan fingerprint density at radius 1 is 0.750 bits per heavy atom. The first-order chi connectivity index (χ1) is 11.0. The second kappa shape index (κ2) is 12.6.